The van der Waals surface area contributed by atoms with Crippen LogP contribution in [0, 0.1) is 0 Å². The summed E-state index contributed by atoms with van der Waals surface area (Å²) in [7, 11) is 0. The molecular formula is C12H22N2O4. The fourth-order valence-corrected chi connectivity index (χ4v) is 1.74. The molecule has 104 valence electrons. The van der Waals surface area contributed by atoms with Crippen molar-refractivity contribution in [3.8, 4) is 0 Å². The molecule has 0 saturated carbocycles. The van der Waals surface area contributed by atoms with Crippen molar-refractivity contribution in [3.63, 3.8) is 0 Å². The summed E-state index contributed by atoms with van der Waals surface area (Å²) in [6, 6.07) is 0.101. The van der Waals surface area contributed by atoms with E-state index in [2.05, 4.69) is 10.6 Å². The zero-order chi connectivity index (χ0) is 13.2. The molecule has 2 N–H and O–H groups in total. The average molecular weight is 258 g/mol. The summed E-state index contributed by atoms with van der Waals surface area (Å²) >= 11 is 0. The highest BCUT2D eigenvalue weighted by molar-refractivity contribution is 5.76. The van der Waals surface area contributed by atoms with Crippen LogP contribution in [0.25, 0.3) is 0 Å². The number of esters is 1. The number of carbonyl (C=O) groups is 2. The first-order valence-corrected chi connectivity index (χ1v) is 6.45. The summed E-state index contributed by atoms with van der Waals surface area (Å²) in [5, 5.41) is 6.00. The second kappa shape index (κ2) is 8.88. The lowest BCUT2D eigenvalue weighted by Crippen LogP contribution is -2.44. The largest absolute Gasteiger partial charge is 0.466 e. The number of nitrogens with one attached hydrogen (secondary N) is 2. The lowest BCUT2D eigenvalue weighted by molar-refractivity contribution is -0.143. The Kier molecular flexibility index (Phi) is 7.36. The summed E-state index contributed by atoms with van der Waals surface area (Å²) in [6.45, 7) is 4.76. The molecule has 1 aliphatic heterocycles. The van der Waals surface area contributed by atoms with E-state index in [1.165, 1.54) is 0 Å². The van der Waals surface area contributed by atoms with Crippen molar-refractivity contribution in [2.24, 2.45) is 0 Å². The lowest BCUT2D eigenvalue weighted by atomic mass is 10.2. The fourth-order valence-electron chi connectivity index (χ4n) is 1.74. The van der Waals surface area contributed by atoms with Gasteiger partial charge in [-0.3, -0.25) is 9.59 Å². The Balaban J connectivity index is 2.01. The standard InChI is InChI=1S/C12H22N2O4/c1-2-18-12(16)4-3-5-14-11(15)8-10-9-17-7-6-13-10/h10,13H,2-9H2,1H3,(H,14,15). The molecule has 18 heavy (non-hydrogen) atoms. The van der Waals surface area contributed by atoms with E-state index in [-0.39, 0.29) is 17.9 Å². The number of carbonyl (C=O) groups excluding carboxylic acids is 2. The van der Waals surface area contributed by atoms with E-state index in [0.29, 0.717) is 45.6 Å². The van der Waals surface area contributed by atoms with Gasteiger partial charge in [0.1, 0.15) is 0 Å². The molecule has 1 atom stereocenters. The smallest absolute Gasteiger partial charge is 0.305 e. The van der Waals surface area contributed by atoms with Crippen LogP contribution in [-0.4, -0.2) is 50.8 Å². The topological polar surface area (TPSA) is 76.7 Å². The second-order valence-corrected chi connectivity index (χ2v) is 4.19. The summed E-state index contributed by atoms with van der Waals surface area (Å²) in [5.74, 6) is -0.226. The fraction of sp³-hybridized carbons (Fsp3) is 0.833. The minimum absolute atomic E-state index is 0.0122. The van der Waals surface area contributed by atoms with Crippen molar-refractivity contribution in [3.05, 3.63) is 0 Å². The van der Waals surface area contributed by atoms with E-state index >= 15 is 0 Å². The molecule has 1 rings (SSSR count). The molecule has 0 spiro atoms. The Bertz CT molecular complexity index is 265. The van der Waals surface area contributed by atoms with Crippen LogP contribution >= 0.6 is 0 Å². The second-order valence-electron chi connectivity index (χ2n) is 4.19. The molecule has 0 aliphatic carbocycles. The van der Waals surface area contributed by atoms with Crippen LogP contribution < -0.4 is 10.6 Å². The van der Waals surface area contributed by atoms with Gasteiger partial charge in [0, 0.05) is 32.0 Å². The monoisotopic (exact) mass is 258 g/mol. The van der Waals surface area contributed by atoms with Crippen LogP contribution in [-0.2, 0) is 19.1 Å². The zero-order valence-electron chi connectivity index (χ0n) is 10.9. The Morgan fingerprint density at radius 1 is 1.50 bits per heavy atom. The van der Waals surface area contributed by atoms with E-state index in [1.807, 2.05) is 0 Å². The van der Waals surface area contributed by atoms with E-state index in [1.54, 1.807) is 6.92 Å². The predicted octanol–water partition coefficient (Wildman–Crippen LogP) is -0.176. The third-order valence-corrected chi connectivity index (χ3v) is 2.62. The maximum Gasteiger partial charge on any atom is 0.305 e. The highest BCUT2D eigenvalue weighted by atomic mass is 16.5. The minimum atomic E-state index is -0.214. The summed E-state index contributed by atoms with van der Waals surface area (Å²) < 4.78 is 10.1. The van der Waals surface area contributed by atoms with E-state index in [9.17, 15) is 9.59 Å². The first-order valence-electron chi connectivity index (χ1n) is 6.45. The molecular weight excluding hydrogens is 236 g/mol. The molecule has 1 amide bonds. The number of hydrogen-bond acceptors (Lipinski definition) is 5. The van der Waals surface area contributed by atoms with Crippen LogP contribution in [0.15, 0.2) is 0 Å². The van der Waals surface area contributed by atoms with Crippen molar-refractivity contribution in [2.75, 3.05) is 32.9 Å². The van der Waals surface area contributed by atoms with Gasteiger partial charge in [0.05, 0.1) is 19.8 Å². The quantitative estimate of drug-likeness (QED) is 0.489. The van der Waals surface area contributed by atoms with Crippen molar-refractivity contribution >= 4 is 11.9 Å². The number of rotatable bonds is 7. The van der Waals surface area contributed by atoms with Gasteiger partial charge in [-0.15, -0.1) is 0 Å². The van der Waals surface area contributed by atoms with E-state index in [0.717, 1.165) is 6.54 Å². The first-order chi connectivity index (χ1) is 8.72. The molecule has 0 bridgehead atoms. The number of hydrogen-bond donors (Lipinski definition) is 2. The molecule has 1 aliphatic rings. The van der Waals surface area contributed by atoms with Crippen LogP contribution in [0.3, 0.4) is 0 Å². The van der Waals surface area contributed by atoms with Crippen molar-refractivity contribution < 1.29 is 19.1 Å². The zero-order valence-corrected chi connectivity index (χ0v) is 10.9. The van der Waals surface area contributed by atoms with Gasteiger partial charge < -0.3 is 20.1 Å². The van der Waals surface area contributed by atoms with Gasteiger partial charge in [-0.05, 0) is 13.3 Å². The van der Waals surface area contributed by atoms with Crippen LogP contribution in [0.5, 0.6) is 0 Å². The van der Waals surface area contributed by atoms with E-state index < -0.39 is 0 Å². The maximum absolute atomic E-state index is 11.6. The van der Waals surface area contributed by atoms with Crippen molar-refractivity contribution in [1.82, 2.24) is 10.6 Å². The van der Waals surface area contributed by atoms with Gasteiger partial charge in [0.2, 0.25) is 5.91 Å². The number of amides is 1. The third kappa shape index (κ3) is 6.56. The molecule has 1 saturated heterocycles. The van der Waals surface area contributed by atoms with Crippen molar-refractivity contribution in [1.29, 1.82) is 0 Å². The lowest BCUT2D eigenvalue weighted by Gasteiger charge is -2.23. The van der Waals surface area contributed by atoms with E-state index in [4.69, 9.17) is 9.47 Å². The van der Waals surface area contributed by atoms with Gasteiger partial charge in [0.15, 0.2) is 0 Å². The highest BCUT2D eigenvalue weighted by Crippen LogP contribution is 1.98. The first kappa shape index (κ1) is 14.9. The third-order valence-electron chi connectivity index (χ3n) is 2.62. The summed E-state index contributed by atoms with van der Waals surface area (Å²) in [6.07, 6.45) is 1.37. The Morgan fingerprint density at radius 2 is 2.33 bits per heavy atom. The molecule has 1 fully saturated rings. The normalized spacial score (nSPS) is 19.3. The molecule has 6 heteroatoms. The van der Waals surface area contributed by atoms with Gasteiger partial charge in [0.25, 0.3) is 0 Å². The SMILES string of the molecule is CCOC(=O)CCCNC(=O)CC1COCCN1. The van der Waals surface area contributed by atoms with Crippen LogP contribution in [0.1, 0.15) is 26.2 Å². The molecule has 1 unspecified atom stereocenters. The summed E-state index contributed by atoms with van der Waals surface area (Å²) in [5.41, 5.74) is 0. The van der Waals surface area contributed by atoms with Gasteiger partial charge in [-0.1, -0.05) is 0 Å². The Hall–Kier alpha value is -1.14. The number of ether oxygens (including phenoxy) is 2. The van der Waals surface area contributed by atoms with Gasteiger partial charge >= 0.3 is 5.97 Å². The molecule has 0 aromatic carbocycles. The highest BCUT2D eigenvalue weighted by Gasteiger charge is 2.16. The van der Waals surface area contributed by atoms with Gasteiger partial charge in [-0.25, -0.2) is 0 Å². The number of morpholine rings is 1. The average Bonchev–Trinajstić information content (AvgIpc) is 2.36. The Morgan fingerprint density at radius 3 is 3.00 bits per heavy atom. The predicted molar refractivity (Wildman–Crippen MR) is 66.1 cm³/mol. The molecule has 0 aromatic rings. The molecule has 1 heterocycles. The molecule has 6 nitrogen and oxygen atoms in total. The minimum Gasteiger partial charge on any atom is -0.466 e. The Labute approximate surface area is 107 Å². The summed E-state index contributed by atoms with van der Waals surface area (Å²) in [4.78, 5) is 22.6. The molecule has 0 radical (unpaired) electrons. The van der Waals surface area contributed by atoms with Crippen molar-refractivity contribution in [2.45, 2.75) is 32.2 Å². The maximum atomic E-state index is 11.6. The van der Waals surface area contributed by atoms with Crippen LogP contribution in [0.2, 0.25) is 0 Å². The van der Waals surface area contributed by atoms with Gasteiger partial charge in [-0.2, -0.15) is 0 Å². The van der Waals surface area contributed by atoms with Crippen LogP contribution in [0.4, 0.5) is 0 Å². The molecule has 0 aromatic heterocycles.